The molecule has 0 aliphatic heterocycles. The van der Waals surface area contributed by atoms with Gasteiger partial charge in [0.05, 0.1) is 18.9 Å². The Labute approximate surface area is 112 Å². The molecule has 5 heteroatoms. The van der Waals surface area contributed by atoms with Crippen molar-refractivity contribution in [3.8, 4) is 0 Å². The zero-order valence-electron chi connectivity index (χ0n) is 11.1. The van der Waals surface area contributed by atoms with Crippen LogP contribution in [0.4, 0.5) is 4.39 Å². The molecule has 1 aromatic carbocycles. The molecule has 19 heavy (non-hydrogen) atoms. The number of ether oxygens (including phenoxy) is 1. The van der Waals surface area contributed by atoms with Crippen molar-refractivity contribution < 1.29 is 18.7 Å². The minimum atomic E-state index is -0.336. The van der Waals surface area contributed by atoms with Gasteiger partial charge in [0, 0.05) is 6.54 Å². The quantitative estimate of drug-likeness (QED) is 0.800. The maximum absolute atomic E-state index is 12.7. The third kappa shape index (κ3) is 6.55. The van der Waals surface area contributed by atoms with E-state index in [-0.39, 0.29) is 43.2 Å². The van der Waals surface area contributed by atoms with Crippen LogP contribution in [0.2, 0.25) is 0 Å². The number of carbonyl (C=O) groups excluding carboxylic acids is 2. The summed E-state index contributed by atoms with van der Waals surface area (Å²) in [6, 6.07) is 5.73. The monoisotopic (exact) mass is 267 g/mol. The van der Waals surface area contributed by atoms with Crippen LogP contribution in [0.1, 0.15) is 25.8 Å². The molecule has 4 nitrogen and oxygen atoms in total. The largest absolute Gasteiger partial charge is 0.463 e. The molecule has 0 aromatic heterocycles. The second-order valence-electron chi connectivity index (χ2n) is 4.44. The maximum Gasteiger partial charge on any atom is 0.307 e. The van der Waals surface area contributed by atoms with Gasteiger partial charge in [-0.2, -0.15) is 0 Å². The van der Waals surface area contributed by atoms with E-state index in [2.05, 4.69) is 5.32 Å². The normalized spacial score (nSPS) is 10.3. The van der Waals surface area contributed by atoms with E-state index >= 15 is 0 Å². The van der Waals surface area contributed by atoms with E-state index in [1.54, 1.807) is 26.0 Å². The summed E-state index contributed by atoms with van der Waals surface area (Å²) in [5.74, 6) is -0.873. The van der Waals surface area contributed by atoms with Gasteiger partial charge >= 0.3 is 5.97 Å². The minimum Gasteiger partial charge on any atom is -0.463 e. The highest BCUT2D eigenvalue weighted by Crippen LogP contribution is 2.03. The number of hydrogen-bond donors (Lipinski definition) is 1. The molecule has 1 N–H and O–H groups in total. The first-order chi connectivity index (χ1) is 8.97. The highest BCUT2D eigenvalue weighted by atomic mass is 19.1. The average Bonchev–Trinajstić information content (AvgIpc) is 2.31. The highest BCUT2D eigenvalue weighted by molar-refractivity contribution is 5.79. The second-order valence-corrected chi connectivity index (χ2v) is 4.44. The molecule has 0 bridgehead atoms. The van der Waals surface area contributed by atoms with Crippen LogP contribution in [-0.2, 0) is 20.7 Å². The molecule has 1 amide bonds. The lowest BCUT2D eigenvalue weighted by atomic mass is 10.1. The summed E-state index contributed by atoms with van der Waals surface area (Å²) in [4.78, 5) is 22.8. The Balaban J connectivity index is 2.25. The standard InChI is InChI=1S/C14H18FNO3/c1-10(2)19-14(18)7-8-16-13(17)9-11-3-5-12(15)6-4-11/h3-6,10H,7-9H2,1-2H3,(H,16,17). The molecule has 0 aliphatic carbocycles. The van der Waals surface area contributed by atoms with E-state index in [9.17, 15) is 14.0 Å². The Hall–Kier alpha value is -1.91. The van der Waals surface area contributed by atoms with Gasteiger partial charge in [-0.1, -0.05) is 12.1 Å². The van der Waals surface area contributed by atoms with Crippen LogP contribution in [0, 0.1) is 5.82 Å². The fourth-order valence-corrected chi connectivity index (χ4v) is 1.48. The lowest BCUT2D eigenvalue weighted by molar-refractivity contribution is -0.147. The van der Waals surface area contributed by atoms with Crippen LogP contribution in [-0.4, -0.2) is 24.5 Å². The van der Waals surface area contributed by atoms with Gasteiger partial charge in [0.2, 0.25) is 5.91 Å². The van der Waals surface area contributed by atoms with Crippen molar-refractivity contribution in [2.24, 2.45) is 0 Å². The van der Waals surface area contributed by atoms with Crippen LogP contribution < -0.4 is 5.32 Å². The van der Waals surface area contributed by atoms with Gasteiger partial charge in [-0.3, -0.25) is 9.59 Å². The molecule has 0 heterocycles. The van der Waals surface area contributed by atoms with E-state index in [0.29, 0.717) is 0 Å². The first-order valence-corrected chi connectivity index (χ1v) is 6.18. The number of esters is 1. The highest BCUT2D eigenvalue weighted by Gasteiger charge is 2.07. The van der Waals surface area contributed by atoms with Gasteiger partial charge in [0.25, 0.3) is 0 Å². The van der Waals surface area contributed by atoms with Gasteiger partial charge in [0.1, 0.15) is 5.82 Å². The third-order valence-corrected chi connectivity index (χ3v) is 2.30. The molecule has 104 valence electrons. The summed E-state index contributed by atoms with van der Waals surface area (Å²) >= 11 is 0. The molecular formula is C14H18FNO3. The fraction of sp³-hybridized carbons (Fsp3) is 0.429. The van der Waals surface area contributed by atoms with Crippen LogP contribution in [0.5, 0.6) is 0 Å². The van der Waals surface area contributed by atoms with Crippen LogP contribution in [0.3, 0.4) is 0 Å². The molecule has 0 radical (unpaired) electrons. The Bertz CT molecular complexity index is 429. The maximum atomic E-state index is 12.7. The number of hydrogen-bond acceptors (Lipinski definition) is 3. The Morgan fingerprint density at radius 3 is 2.47 bits per heavy atom. The van der Waals surface area contributed by atoms with E-state index < -0.39 is 0 Å². The Kier molecular flexibility index (Phi) is 5.99. The molecule has 0 spiro atoms. The Morgan fingerprint density at radius 1 is 1.26 bits per heavy atom. The zero-order valence-corrected chi connectivity index (χ0v) is 11.1. The Morgan fingerprint density at radius 2 is 1.89 bits per heavy atom. The molecule has 1 aromatic rings. The van der Waals surface area contributed by atoms with Crippen molar-refractivity contribution in [3.05, 3.63) is 35.6 Å². The summed E-state index contributed by atoms with van der Waals surface area (Å²) in [5.41, 5.74) is 0.726. The van der Waals surface area contributed by atoms with Gasteiger partial charge in [-0.05, 0) is 31.5 Å². The summed E-state index contributed by atoms with van der Waals surface area (Å²) in [6.07, 6.45) is 0.162. The molecule has 0 atom stereocenters. The van der Waals surface area contributed by atoms with Crippen LogP contribution in [0.15, 0.2) is 24.3 Å². The first-order valence-electron chi connectivity index (χ1n) is 6.18. The van der Waals surface area contributed by atoms with E-state index in [1.807, 2.05) is 0 Å². The predicted molar refractivity (Wildman–Crippen MR) is 69.0 cm³/mol. The van der Waals surface area contributed by atoms with Gasteiger partial charge in [-0.25, -0.2) is 4.39 Å². The molecular weight excluding hydrogens is 249 g/mol. The summed E-state index contributed by atoms with van der Waals surface area (Å²) in [7, 11) is 0. The van der Waals surface area contributed by atoms with Crippen molar-refractivity contribution in [1.82, 2.24) is 5.32 Å². The van der Waals surface area contributed by atoms with E-state index in [0.717, 1.165) is 5.56 Å². The number of nitrogens with one attached hydrogen (secondary N) is 1. The van der Waals surface area contributed by atoms with Crippen molar-refractivity contribution in [2.45, 2.75) is 32.8 Å². The van der Waals surface area contributed by atoms with Gasteiger partial charge in [0.15, 0.2) is 0 Å². The van der Waals surface area contributed by atoms with Crippen molar-refractivity contribution in [1.29, 1.82) is 0 Å². The lowest BCUT2D eigenvalue weighted by Gasteiger charge is -2.08. The summed E-state index contributed by atoms with van der Waals surface area (Å²) < 4.78 is 17.6. The third-order valence-electron chi connectivity index (χ3n) is 2.30. The average molecular weight is 267 g/mol. The summed E-state index contributed by atoms with van der Waals surface area (Å²) in [5, 5.41) is 2.62. The molecule has 0 saturated heterocycles. The van der Waals surface area contributed by atoms with Crippen LogP contribution >= 0.6 is 0 Å². The molecule has 0 saturated carbocycles. The molecule has 0 fully saturated rings. The number of benzene rings is 1. The predicted octanol–water partition coefficient (Wildman–Crippen LogP) is 1.83. The number of rotatable bonds is 6. The lowest BCUT2D eigenvalue weighted by Crippen LogP contribution is -2.28. The number of halogens is 1. The molecule has 0 unspecified atom stereocenters. The minimum absolute atomic E-state index is 0.146. The molecule has 1 rings (SSSR count). The summed E-state index contributed by atoms with van der Waals surface area (Å²) in [6.45, 7) is 3.78. The van der Waals surface area contributed by atoms with E-state index in [1.165, 1.54) is 12.1 Å². The number of carbonyl (C=O) groups is 2. The zero-order chi connectivity index (χ0) is 14.3. The number of amides is 1. The fourth-order valence-electron chi connectivity index (χ4n) is 1.48. The molecule has 0 aliphatic rings. The van der Waals surface area contributed by atoms with Crippen molar-refractivity contribution in [2.75, 3.05) is 6.54 Å². The SMILES string of the molecule is CC(C)OC(=O)CCNC(=O)Cc1ccc(F)cc1. The second kappa shape index (κ2) is 7.51. The first kappa shape index (κ1) is 15.1. The van der Waals surface area contributed by atoms with Crippen LogP contribution in [0.25, 0.3) is 0 Å². The van der Waals surface area contributed by atoms with Crippen molar-refractivity contribution in [3.63, 3.8) is 0 Å². The van der Waals surface area contributed by atoms with Gasteiger partial charge in [-0.15, -0.1) is 0 Å². The van der Waals surface area contributed by atoms with Gasteiger partial charge < -0.3 is 10.1 Å². The van der Waals surface area contributed by atoms with E-state index in [4.69, 9.17) is 4.74 Å². The van der Waals surface area contributed by atoms with Crippen molar-refractivity contribution >= 4 is 11.9 Å². The smallest absolute Gasteiger partial charge is 0.307 e. The topological polar surface area (TPSA) is 55.4 Å².